The van der Waals surface area contributed by atoms with Crippen LogP contribution in [0.2, 0.25) is 5.02 Å². The highest BCUT2D eigenvalue weighted by atomic mass is 79.9. The minimum atomic E-state index is 0.765. The third-order valence-electron chi connectivity index (χ3n) is 2.23. The number of hydrogen-bond acceptors (Lipinski definition) is 1. The maximum Gasteiger partial charge on any atom is 0.0593 e. The molecule has 1 nitrogen and oxygen atoms in total. The molecule has 0 unspecified atom stereocenters. The maximum atomic E-state index is 5.96. The molecule has 13 heavy (non-hydrogen) atoms. The molecule has 0 atom stereocenters. The Morgan fingerprint density at radius 3 is 2.92 bits per heavy atom. The van der Waals surface area contributed by atoms with Crippen LogP contribution < -0.4 is 5.32 Å². The molecule has 0 spiro atoms. The second kappa shape index (κ2) is 3.89. The van der Waals surface area contributed by atoms with Gasteiger partial charge in [0.2, 0.25) is 0 Å². The lowest BCUT2D eigenvalue weighted by Crippen LogP contribution is -2.03. The van der Waals surface area contributed by atoms with Crippen LogP contribution in [0.4, 0.5) is 5.69 Å². The van der Waals surface area contributed by atoms with Crippen LogP contribution in [0.5, 0.6) is 0 Å². The molecule has 70 valence electrons. The van der Waals surface area contributed by atoms with E-state index in [1.54, 1.807) is 0 Å². The first-order valence-corrected chi connectivity index (χ1v) is 5.62. The van der Waals surface area contributed by atoms with Crippen LogP contribution in [0, 0.1) is 5.92 Å². The van der Waals surface area contributed by atoms with Crippen LogP contribution in [0.1, 0.15) is 12.8 Å². The van der Waals surface area contributed by atoms with Crippen molar-refractivity contribution in [2.75, 3.05) is 11.9 Å². The monoisotopic (exact) mass is 259 g/mol. The predicted octanol–water partition coefficient (Wildman–Crippen LogP) is 3.92. The van der Waals surface area contributed by atoms with Crippen molar-refractivity contribution < 1.29 is 0 Å². The van der Waals surface area contributed by atoms with Gasteiger partial charge in [0.25, 0.3) is 0 Å². The fourth-order valence-corrected chi connectivity index (χ4v) is 1.80. The Balaban J connectivity index is 2.05. The van der Waals surface area contributed by atoms with E-state index >= 15 is 0 Å². The summed E-state index contributed by atoms with van der Waals surface area (Å²) < 4.78 is 0.970. The molecular weight excluding hydrogens is 249 g/mol. The SMILES string of the molecule is Clc1cccc(NCC2CC2)c1Br. The van der Waals surface area contributed by atoms with E-state index in [2.05, 4.69) is 21.2 Å². The molecule has 3 heteroatoms. The van der Waals surface area contributed by atoms with Gasteiger partial charge in [-0.1, -0.05) is 17.7 Å². The van der Waals surface area contributed by atoms with E-state index in [0.29, 0.717) is 0 Å². The first kappa shape index (κ1) is 9.35. The first-order chi connectivity index (χ1) is 6.27. The van der Waals surface area contributed by atoms with Crippen LogP contribution in [0.25, 0.3) is 0 Å². The molecule has 1 saturated carbocycles. The smallest absolute Gasteiger partial charge is 0.0593 e. The average molecular weight is 261 g/mol. The predicted molar refractivity (Wildman–Crippen MR) is 60.4 cm³/mol. The normalized spacial score (nSPS) is 15.8. The van der Waals surface area contributed by atoms with Crippen molar-refractivity contribution in [1.82, 2.24) is 0 Å². The van der Waals surface area contributed by atoms with E-state index in [1.165, 1.54) is 12.8 Å². The van der Waals surface area contributed by atoms with Crippen molar-refractivity contribution in [2.45, 2.75) is 12.8 Å². The van der Waals surface area contributed by atoms with Gasteiger partial charge >= 0.3 is 0 Å². The summed E-state index contributed by atoms with van der Waals surface area (Å²) >= 11 is 9.41. The van der Waals surface area contributed by atoms with Crippen molar-refractivity contribution in [3.8, 4) is 0 Å². The third-order valence-corrected chi connectivity index (χ3v) is 3.63. The van der Waals surface area contributed by atoms with Gasteiger partial charge in [-0.15, -0.1) is 0 Å². The van der Waals surface area contributed by atoms with Crippen LogP contribution in [-0.4, -0.2) is 6.54 Å². The Morgan fingerprint density at radius 1 is 1.46 bits per heavy atom. The van der Waals surface area contributed by atoms with Gasteiger partial charge in [-0.3, -0.25) is 0 Å². The standard InChI is InChI=1S/C10H11BrClN/c11-10-8(12)2-1-3-9(10)13-6-7-4-5-7/h1-3,7,13H,4-6H2. The summed E-state index contributed by atoms with van der Waals surface area (Å²) in [6.45, 7) is 1.07. The number of benzene rings is 1. The zero-order valence-electron chi connectivity index (χ0n) is 7.19. The van der Waals surface area contributed by atoms with Crippen molar-refractivity contribution in [2.24, 2.45) is 5.92 Å². The summed E-state index contributed by atoms with van der Waals surface area (Å²) in [4.78, 5) is 0. The van der Waals surface area contributed by atoms with Crippen LogP contribution in [0.3, 0.4) is 0 Å². The summed E-state index contributed by atoms with van der Waals surface area (Å²) in [5, 5.41) is 4.15. The van der Waals surface area contributed by atoms with Gasteiger partial charge in [-0.25, -0.2) is 0 Å². The summed E-state index contributed by atoms with van der Waals surface area (Å²) in [7, 11) is 0. The van der Waals surface area contributed by atoms with Gasteiger partial charge in [0.15, 0.2) is 0 Å². The van der Waals surface area contributed by atoms with Crippen molar-refractivity contribution >= 4 is 33.2 Å². The van der Waals surface area contributed by atoms with E-state index in [1.807, 2.05) is 18.2 Å². The molecule has 1 aliphatic carbocycles. The van der Waals surface area contributed by atoms with Crippen molar-refractivity contribution in [3.05, 3.63) is 27.7 Å². The van der Waals surface area contributed by atoms with E-state index in [0.717, 1.165) is 27.6 Å². The lowest BCUT2D eigenvalue weighted by atomic mass is 10.3. The molecule has 1 aromatic carbocycles. The highest BCUT2D eigenvalue weighted by molar-refractivity contribution is 9.10. The Labute approximate surface area is 91.6 Å². The minimum Gasteiger partial charge on any atom is -0.384 e. The molecular formula is C10H11BrClN. The Morgan fingerprint density at radius 2 is 2.23 bits per heavy atom. The van der Waals surface area contributed by atoms with Crippen molar-refractivity contribution in [3.63, 3.8) is 0 Å². The molecule has 1 N–H and O–H groups in total. The van der Waals surface area contributed by atoms with E-state index in [4.69, 9.17) is 11.6 Å². The number of halogens is 2. The quantitative estimate of drug-likeness (QED) is 0.868. The van der Waals surface area contributed by atoms with Gasteiger partial charge in [0, 0.05) is 12.2 Å². The molecule has 0 aromatic heterocycles. The van der Waals surface area contributed by atoms with Crippen LogP contribution in [-0.2, 0) is 0 Å². The molecule has 2 rings (SSSR count). The number of anilines is 1. The molecule has 0 heterocycles. The summed E-state index contributed by atoms with van der Waals surface area (Å²) in [6.07, 6.45) is 2.73. The van der Waals surface area contributed by atoms with Gasteiger partial charge < -0.3 is 5.32 Å². The number of hydrogen-bond donors (Lipinski definition) is 1. The zero-order valence-corrected chi connectivity index (χ0v) is 9.53. The topological polar surface area (TPSA) is 12.0 Å². The Bertz CT molecular complexity index is 310. The van der Waals surface area contributed by atoms with E-state index in [9.17, 15) is 0 Å². The largest absolute Gasteiger partial charge is 0.384 e. The van der Waals surface area contributed by atoms with E-state index in [-0.39, 0.29) is 0 Å². The fraction of sp³-hybridized carbons (Fsp3) is 0.400. The maximum absolute atomic E-state index is 5.96. The molecule has 1 fully saturated rings. The summed E-state index contributed by atoms with van der Waals surface area (Å²) in [6, 6.07) is 5.88. The molecule has 1 aromatic rings. The van der Waals surface area contributed by atoms with Crippen molar-refractivity contribution in [1.29, 1.82) is 0 Å². The fourth-order valence-electron chi connectivity index (χ4n) is 1.22. The van der Waals surface area contributed by atoms with E-state index < -0.39 is 0 Å². The lowest BCUT2D eigenvalue weighted by molar-refractivity contribution is 0.888. The minimum absolute atomic E-state index is 0.765. The highest BCUT2D eigenvalue weighted by Gasteiger charge is 2.20. The number of rotatable bonds is 3. The lowest BCUT2D eigenvalue weighted by Gasteiger charge is -2.08. The average Bonchev–Trinajstić information content (AvgIpc) is 2.91. The molecule has 1 aliphatic rings. The summed E-state index contributed by atoms with van der Waals surface area (Å²) in [5.74, 6) is 0.880. The Kier molecular flexibility index (Phi) is 2.80. The molecule has 0 aliphatic heterocycles. The van der Waals surface area contributed by atoms with Gasteiger partial charge in [0.1, 0.15) is 0 Å². The Hall–Kier alpha value is -0.210. The number of nitrogens with one attached hydrogen (secondary N) is 1. The second-order valence-corrected chi connectivity index (χ2v) is 4.63. The molecule has 0 bridgehead atoms. The molecule has 0 amide bonds. The molecule has 0 saturated heterocycles. The van der Waals surface area contributed by atoms with Crippen LogP contribution in [0.15, 0.2) is 22.7 Å². The second-order valence-electron chi connectivity index (χ2n) is 3.43. The summed E-state index contributed by atoms with van der Waals surface area (Å²) in [5.41, 5.74) is 1.10. The highest BCUT2D eigenvalue weighted by Crippen LogP contribution is 2.33. The zero-order chi connectivity index (χ0) is 9.26. The molecule has 0 radical (unpaired) electrons. The third kappa shape index (κ3) is 2.38. The first-order valence-electron chi connectivity index (χ1n) is 4.45. The van der Waals surface area contributed by atoms with Gasteiger partial charge in [-0.2, -0.15) is 0 Å². The van der Waals surface area contributed by atoms with Gasteiger partial charge in [-0.05, 0) is 46.8 Å². The van der Waals surface area contributed by atoms with Crippen LogP contribution >= 0.6 is 27.5 Å². The van der Waals surface area contributed by atoms with Gasteiger partial charge in [0.05, 0.1) is 9.50 Å².